The SMILES string of the molecule is Cc1ccc(S(=O)(=O)Nc2cccc(C(=O)N3CCN(c4cccc(C(F)(F)F)c4)CC3)c2C)cc1. The topological polar surface area (TPSA) is 69.7 Å². The van der Waals surface area contributed by atoms with E-state index in [4.69, 9.17) is 0 Å². The molecule has 0 aromatic heterocycles. The Kier molecular flexibility index (Phi) is 6.99. The molecular formula is C26H26F3N3O3S. The number of piperazine rings is 1. The molecule has 1 saturated heterocycles. The van der Waals surface area contributed by atoms with Crippen LogP contribution in [0.25, 0.3) is 0 Å². The molecule has 0 unspecified atom stereocenters. The number of benzene rings is 3. The van der Waals surface area contributed by atoms with E-state index in [1.54, 1.807) is 48.2 Å². The van der Waals surface area contributed by atoms with Gasteiger partial charge in [-0.2, -0.15) is 13.2 Å². The number of anilines is 2. The van der Waals surface area contributed by atoms with Crippen molar-refractivity contribution in [3.05, 3.63) is 89.0 Å². The van der Waals surface area contributed by atoms with Gasteiger partial charge in [-0.1, -0.05) is 29.8 Å². The largest absolute Gasteiger partial charge is 0.416 e. The Bertz CT molecular complexity index is 1370. The number of amides is 1. The number of carbonyl (C=O) groups is 1. The van der Waals surface area contributed by atoms with Crippen molar-refractivity contribution in [2.24, 2.45) is 0 Å². The summed E-state index contributed by atoms with van der Waals surface area (Å²) in [7, 11) is -3.83. The minimum atomic E-state index is -4.42. The minimum Gasteiger partial charge on any atom is -0.368 e. The molecule has 6 nitrogen and oxygen atoms in total. The molecule has 1 amide bonds. The van der Waals surface area contributed by atoms with E-state index in [-0.39, 0.29) is 10.8 Å². The number of carbonyl (C=O) groups excluding carboxylic acids is 1. The van der Waals surface area contributed by atoms with E-state index < -0.39 is 21.8 Å². The fourth-order valence-electron chi connectivity index (χ4n) is 4.12. The van der Waals surface area contributed by atoms with Crippen molar-refractivity contribution in [1.82, 2.24) is 4.90 Å². The van der Waals surface area contributed by atoms with E-state index in [0.717, 1.165) is 17.7 Å². The highest BCUT2D eigenvalue weighted by molar-refractivity contribution is 7.92. The summed E-state index contributed by atoms with van der Waals surface area (Å²) in [6, 6.07) is 16.5. The Hall–Kier alpha value is -3.53. The fourth-order valence-corrected chi connectivity index (χ4v) is 5.24. The van der Waals surface area contributed by atoms with Crippen molar-refractivity contribution in [2.75, 3.05) is 35.8 Å². The highest BCUT2D eigenvalue weighted by Gasteiger charge is 2.31. The predicted octanol–water partition coefficient (Wildman–Crippen LogP) is 5.09. The van der Waals surface area contributed by atoms with Crippen LogP contribution in [0.5, 0.6) is 0 Å². The number of nitrogens with one attached hydrogen (secondary N) is 1. The molecule has 1 heterocycles. The zero-order valence-corrected chi connectivity index (χ0v) is 20.7. The quantitative estimate of drug-likeness (QED) is 0.512. The maximum atomic E-state index is 13.3. The molecule has 4 rings (SSSR count). The number of halogens is 3. The van der Waals surface area contributed by atoms with Gasteiger partial charge in [-0.05, 0) is 61.9 Å². The molecule has 0 atom stereocenters. The van der Waals surface area contributed by atoms with Crippen molar-refractivity contribution >= 4 is 27.3 Å². The number of hydrogen-bond donors (Lipinski definition) is 1. The van der Waals surface area contributed by atoms with Crippen LogP contribution >= 0.6 is 0 Å². The van der Waals surface area contributed by atoms with E-state index in [2.05, 4.69) is 4.72 Å². The van der Waals surface area contributed by atoms with E-state index in [0.29, 0.717) is 48.7 Å². The first-order valence-corrected chi connectivity index (χ1v) is 12.8. The zero-order chi connectivity index (χ0) is 26.1. The number of alkyl halides is 3. The Morgan fingerprint density at radius 3 is 2.17 bits per heavy atom. The van der Waals surface area contributed by atoms with Gasteiger partial charge in [0.05, 0.1) is 16.1 Å². The average molecular weight is 518 g/mol. The van der Waals surface area contributed by atoms with Crippen LogP contribution in [0.3, 0.4) is 0 Å². The van der Waals surface area contributed by atoms with E-state index in [1.165, 1.54) is 18.2 Å². The summed E-state index contributed by atoms with van der Waals surface area (Å²) >= 11 is 0. The third-order valence-electron chi connectivity index (χ3n) is 6.25. The lowest BCUT2D eigenvalue weighted by Crippen LogP contribution is -2.49. The molecule has 1 aliphatic heterocycles. The summed E-state index contributed by atoms with van der Waals surface area (Å²) in [5.74, 6) is -0.257. The average Bonchev–Trinajstić information content (AvgIpc) is 2.85. The molecule has 0 aliphatic carbocycles. The first-order chi connectivity index (χ1) is 17.0. The van der Waals surface area contributed by atoms with Crippen LogP contribution in [0.1, 0.15) is 27.0 Å². The van der Waals surface area contributed by atoms with Gasteiger partial charge in [-0.25, -0.2) is 8.42 Å². The summed E-state index contributed by atoms with van der Waals surface area (Å²) in [6.45, 7) is 4.96. The molecular weight excluding hydrogens is 491 g/mol. The molecule has 3 aromatic carbocycles. The van der Waals surface area contributed by atoms with Gasteiger partial charge >= 0.3 is 6.18 Å². The van der Waals surface area contributed by atoms with Crippen LogP contribution in [-0.2, 0) is 16.2 Å². The number of aryl methyl sites for hydroxylation is 1. The van der Waals surface area contributed by atoms with Gasteiger partial charge < -0.3 is 9.80 Å². The maximum Gasteiger partial charge on any atom is 0.416 e. The van der Waals surface area contributed by atoms with Crippen LogP contribution in [0.15, 0.2) is 71.6 Å². The minimum absolute atomic E-state index is 0.120. The molecule has 1 N–H and O–H groups in total. The lowest BCUT2D eigenvalue weighted by atomic mass is 10.1. The Labute approximate surface area is 208 Å². The van der Waals surface area contributed by atoms with Crippen molar-refractivity contribution < 1.29 is 26.4 Å². The fraction of sp³-hybridized carbons (Fsp3) is 0.269. The molecule has 0 spiro atoms. The zero-order valence-electron chi connectivity index (χ0n) is 19.8. The second-order valence-electron chi connectivity index (χ2n) is 8.72. The summed E-state index contributed by atoms with van der Waals surface area (Å²) in [5, 5.41) is 0. The summed E-state index contributed by atoms with van der Waals surface area (Å²) in [4.78, 5) is 16.8. The second-order valence-corrected chi connectivity index (χ2v) is 10.4. The van der Waals surface area contributed by atoms with Gasteiger partial charge in [0.1, 0.15) is 0 Å². The molecule has 1 fully saturated rings. The standard InChI is InChI=1S/C26H26F3N3O3S/c1-18-9-11-22(12-10-18)36(34,35)30-24-8-4-7-23(19(24)2)25(33)32-15-13-31(14-16-32)21-6-3-5-20(17-21)26(27,28)29/h3-12,17,30H,13-16H2,1-2H3. The lowest BCUT2D eigenvalue weighted by Gasteiger charge is -2.36. The van der Waals surface area contributed by atoms with Gasteiger partial charge in [-0.3, -0.25) is 9.52 Å². The Morgan fingerprint density at radius 1 is 0.889 bits per heavy atom. The number of nitrogens with zero attached hydrogens (tertiary/aromatic N) is 2. The molecule has 10 heteroatoms. The van der Waals surface area contributed by atoms with Crippen LogP contribution in [-0.4, -0.2) is 45.4 Å². The van der Waals surface area contributed by atoms with Crippen molar-refractivity contribution in [2.45, 2.75) is 24.9 Å². The van der Waals surface area contributed by atoms with Crippen LogP contribution < -0.4 is 9.62 Å². The van der Waals surface area contributed by atoms with Crippen LogP contribution in [0, 0.1) is 13.8 Å². The molecule has 0 saturated carbocycles. The van der Waals surface area contributed by atoms with Gasteiger partial charge in [-0.15, -0.1) is 0 Å². The predicted molar refractivity (Wildman–Crippen MR) is 133 cm³/mol. The van der Waals surface area contributed by atoms with E-state index in [1.807, 2.05) is 11.8 Å². The summed E-state index contributed by atoms with van der Waals surface area (Å²) < 4.78 is 67.4. The van der Waals surface area contributed by atoms with Gasteiger partial charge in [0, 0.05) is 37.4 Å². The Balaban J connectivity index is 1.47. The van der Waals surface area contributed by atoms with E-state index >= 15 is 0 Å². The third kappa shape index (κ3) is 5.48. The third-order valence-corrected chi connectivity index (χ3v) is 7.63. The van der Waals surface area contributed by atoms with Gasteiger partial charge in [0.2, 0.25) is 0 Å². The number of hydrogen-bond acceptors (Lipinski definition) is 4. The smallest absolute Gasteiger partial charge is 0.368 e. The molecule has 36 heavy (non-hydrogen) atoms. The molecule has 0 bridgehead atoms. The number of sulfonamides is 1. The lowest BCUT2D eigenvalue weighted by molar-refractivity contribution is -0.137. The first kappa shape index (κ1) is 25.6. The molecule has 3 aromatic rings. The highest BCUT2D eigenvalue weighted by Crippen LogP contribution is 2.32. The Morgan fingerprint density at radius 2 is 1.53 bits per heavy atom. The maximum absolute atomic E-state index is 13.3. The normalized spacial score (nSPS) is 14.6. The van der Waals surface area contributed by atoms with Gasteiger partial charge in [0.25, 0.3) is 15.9 Å². The first-order valence-electron chi connectivity index (χ1n) is 11.4. The second kappa shape index (κ2) is 9.85. The summed E-state index contributed by atoms with van der Waals surface area (Å²) in [5.41, 5.74) is 1.86. The molecule has 1 aliphatic rings. The molecule has 190 valence electrons. The monoisotopic (exact) mass is 517 g/mol. The van der Waals surface area contributed by atoms with Crippen molar-refractivity contribution in [1.29, 1.82) is 0 Å². The van der Waals surface area contributed by atoms with Crippen molar-refractivity contribution in [3.8, 4) is 0 Å². The van der Waals surface area contributed by atoms with Crippen LogP contribution in [0.4, 0.5) is 24.5 Å². The number of rotatable bonds is 5. The van der Waals surface area contributed by atoms with E-state index in [9.17, 15) is 26.4 Å². The van der Waals surface area contributed by atoms with Crippen LogP contribution in [0.2, 0.25) is 0 Å². The molecule has 0 radical (unpaired) electrons. The van der Waals surface area contributed by atoms with Crippen molar-refractivity contribution in [3.63, 3.8) is 0 Å². The van der Waals surface area contributed by atoms with Gasteiger partial charge in [0.15, 0.2) is 0 Å². The summed E-state index contributed by atoms with van der Waals surface area (Å²) in [6.07, 6.45) is -4.42. The highest BCUT2D eigenvalue weighted by atomic mass is 32.2.